The summed E-state index contributed by atoms with van der Waals surface area (Å²) in [4.78, 5) is 4.28. The van der Waals surface area contributed by atoms with Crippen LogP contribution in [0.4, 0.5) is 0 Å². The van der Waals surface area contributed by atoms with Gasteiger partial charge in [0.2, 0.25) is 0 Å². The van der Waals surface area contributed by atoms with E-state index in [9.17, 15) is 8.42 Å². The Balaban J connectivity index is 0.000000924. The van der Waals surface area contributed by atoms with E-state index in [0.29, 0.717) is 15.9 Å². The molecule has 0 aliphatic rings. The summed E-state index contributed by atoms with van der Waals surface area (Å²) >= 11 is 3.30. The molecule has 0 aliphatic heterocycles. The lowest BCUT2D eigenvalue weighted by atomic mass is 10.3. The number of ether oxygens (including phenoxy) is 1. The summed E-state index contributed by atoms with van der Waals surface area (Å²) < 4.78 is 32.2. The third-order valence-corrected chi connectivity index (χ3v) is 5.41. The zero-order valence-corrected chi connectivity index (χ0v) is 15.4. The Labute approximate surface area is 144 Å². The van der Waals surface area contributed by atoms with Crippen LogP contribution >= 0.6 is 15.9 Å². The van der Waals surface area contributed by atoms with Crippen molar-refractivity contribution in [2.75, 3.05) is 7.11 Å². The van der Waals surface area contributed by atoms with E-state index < -0.39 is 10.0 Å². The van der Waals surface area contributed by atoms with Gasteiger partial charge < -0.3 is 4.74 Å². The van der Waals surface area contributed by atoms with Gasteiger partial charge in [0.25, 0.3) is 10.0 Å². The number of nitrogens with zero attached hydrogens (tertiary/aromatic N) is 2. The van der Waals surface area contributed by atoms with Crippen LogP contribution in [0.2, 0.25) is 0 Å². The van der Waals surface area contributed by atoms with Gasteiger partial charge in [-0.15, -0.1) is 0 Å². The van der Waals surface area contributed by atoms with Gasteiger partial charge in [-0.2, -0.15) is 0 Å². The van der Waals surface area contributed by atoms with Crippen LogP contribution in [0, 0.1) is 0 Å². The van der Waals surface area contributed by atoms with E-state index in [1.807, 2.05) is 13.8 Å². The number of fused-ring (bicyclic) bond motifs is 1. The maximum Gasteiger partial charge on any atom is 0.268 e. The highest BCUT2D eigenvalue weighted by Crippen LogP contribution is 2.27. The molecule has 0 saturated carbocycles. The van der Waals surface area contributed by atoms with E-state index in [1.165, 1.54) is 29.4 Å². The number of pyridine rings is 1. The standard InChI is InChI=1S/C14H11BrN2O3S.C2H6/c1-20-11-2-4-12(5-3-11)21(18,19)17-9-7-10-6-8-16-14(15)13(10)17;1-2/h2-9H,1H3;1-2H3. The van der Waals surface area contributed by atoms with Crippen LogP contribution in [0.3, 0.4) is 0 Å². The van der Waals surface area contributed by atoms with Gasteiger partial charge in [0.1, 0.15) is 10.4 Å². The van der Waals surface area contributed by atoms with Crippen molar-refractivity contribution >= 4 is 36.9 Å². The number of halogens is 1. The maximum atomic E-state index is 12.7. The molecule has 0 radical (unpaired) electrons. The van der Waals surface area contributed by atoms with Gasteiger partial charge in [0.05, 0.1) is 17.5 Å². The van der Waals surface area contributed by atoms with Gasteiger partial charge in [0, 0.05) is 17.8 Å². The molecule has 1 aromatic carbocycles. The summed E-state index contributed by atoms with van der Waals surface area (Å²) in [6.07, 6.45) is 3.15. The summed E-state index contributed by atoms with van der Waals surface area (Å²) in [5.41, 5.74) is 0.522. The molecule has 0 amide bonds. The largest absolute Gasteiger partial charge is 0.497 e. The molecule has 2 heterocycles. The first-order valence-electron chi connectivity index (χ1n) is 7.05. The minimum atomic E-state index is -3.68. The molecule has 3 rings (SSSR count). The van der Waals surface area contributed by atoms with E-state index >= 15 is 0 Å². The second kappa shape index (κ2) is 7.14. The fraction of sp³-hybridized carbons (Fsp3) is 0.188. The quantitative estimate of drug-likeness (QED) is 0.625. The molecule has 3 aromatic rings. The molecule has 0 bridgehead atoms. The Hall–Kier alpha value is -1.86. The molecule has 7 heteroatoms. The van der Waals surface area contributed by atoms with E-state index in [-0.39, 0.29) is 4.90 Å². The zero-order chi connectivity index (χ0) is 17.0. The molecule has 0 unspecified atom stereocenters. The predicted octanol–water partition coefficient (Wildman–Crippen LogP) is 4.07. The lowest BCUT2D eigenvalue weighted by Crippen LogP contribution is -2.12. The molecule has 0 spiro atoms. The van der Waals surface area contributed by atoms with Crippen molar-refractivity contribution in [2.24, 2.45) is 0 Å². The first-order valence-corrected chi connectivity index (χ1v) is 9.28. The van der Waals surface area contributed by atoms with Gasteiger partial charge in [-0.3, -0.25) is 0 Å². The van der Waals surface area contributed by atoms with Crippen LogP contribution in [0.1, 0.15) is 13.8 Å². The molecule has 23 heavy (non-hydrogen) atoms. The molecular formula is C16H17BrN2O3S. The Bertz CT molecular complexity index is 903. The summed E-state index contributed by atoms with van der Waals surface area (Å²) in [6, 6.07) is 9.77. The lowest BCUT2D eigenvalue weighted by molar-refractivity contribution is 0.414. The minimum absolute atomic E-state index is 0.191. The predicted molar refractivity (Wildman–Crippen MR) is 94.4 cm³/mol. The fourth-order valence-corrected chi connectivity index (χ4v) is 4.09. The van der Waals surface area contributed by atoms with Crippen molar-refractivity contribution in [1.29, 1.82) is 0 Å². The van der Waals surface area contributed by atoms with Crippen molar-refractivity contribution in [3.63, 3.8) is 0 Å². The molecule has 0 N–H and O–H groups in total. The maximum absolute atomic E-state index is 12.7. The average Bonchev–Trinajstić information content (AvgIpc) is 3.03. The number of hydrogen-bond acceptors (Lipinski definition) is 4. The van der Waals surface area contributed by atoms with Crippen LogP contribution in [0.25, 0.3) is 10.9 Å². The Kier molecular flexibility index (Phi) is 5.43. The summed E-state index contributed by atoms with van der Waals surface area (Å²) in [6.45, 7) is 4.00. The van der Waals surface area contributed by atoms with E-state index in [4.69, 9.17) is 4.74 Å². The highest BCUT2D eigenvalue weighted by molar-refractivity contribution is 9.10. The molecular weight excluding hydrogens is 380 g/mol. The van der Waals surface area contributed by atoms with E-state index in [0.717, 1.165) is 5.39 Å². The molecule has 0 atom stereocenters. The highest BCUT2D eigenvalue weighted by atomic mass is 79.9. The second-order valence-electron chi connectivity index (χ2n) is 4.33. The first-order chi connectivity index (χ1) is 11.0. The van der Waals surface area contributed by atoms with Gasteiger partial charge in [-0.1, -0.05) is 13.8 Å². The summed E-state index contributed by atoms with van der Waals surface area (Å²) in [5, 5.41) is 0.800. The SMILES string of the molecule is CC.COc1ccc(S(=O)(=O)n2ccc3ccnc(Br)c32)cc1. The number of rotatable bonds is 3. The molecule has 2 aromatic heterocycles. The fourth-order valence-electron chi connectivity index (χ4n) is 2.08. The van der Waals surface area contributed by atoms with Crippen molar-refractivity contribution in [2.45, 2.75) is 18.7 Å². The Morgan fingerprint density at radius 2 is 1.74 bits per heavy atom. The van der Waals surface area contributed by atoms with Crippen LogP contribution in [0.5, 0.6) is 5.75 Å². The Morgan fingerprint density at radius 3 is 2.35 bits per heavy atom. The van der Waals surface area contributed by atoms with Gasteiger partial charge >= 0.3 is 0 Å². The Morgan fingerprint density at radius 1 is 1.09 bits per heavy atom. The molecule has 5 nitrogen and oxygen atoms in total. The van der Waals surface area contributed by atoms with Crippen LogP contribution < -0.4 is 4.74 Å². The number of aromatic nitrogens is 2. The number of methoxy groups -OCH3 is 1. The monoisotopic (exact) mass is 396 g/mol. The molecule has 0 fully saturated rings. The topological polar surface area (TPSA) is 61.2 Å². The smallest absolute Gasteiger partial charge is 0.268 e. The lowest BCUT2D eigenvalue weighted by Gasteiger charge is -2.09. The van der Waals surface area contributed by atoms with Gasteiger partial charge in [0.15, 0.2) is 0 Å². The average molecular weight is 397 g/mol. The highest BCUT2D eigenvalue weighted by Gasteiger charge is 2.20. The first kappa shape index (κ1) is 17.5. The van der Waals surface area contributed by atoms with Gasteiger partial charge in [-0.25, -0.2) is 17.4 Å². The van der Waals surface area contributed by atoms with Crippen molar-refractivity contribution in [1.82, 2.24) is 8.96 Å². The van der Waals surface area contributed by atoms with Crippen LogP contribution in [0.15, 0.2) is 58.3 Å². The molecule has 0 saturated heterocycles. The molecule has 0 aliphatic carbocycles. The second-order valence-corrected chi connectivity index (χ2v) is 6.90. The zero-order valence-electron chi connectivity index (χ0n) is 13.0. The van der Waals surface area contributed by atoms with E-state index in [2.05, 4.69) is 20.9 Å². The minimum Gasteiger partial charge on any atom is -0.497 e. The summed E-state index contributed by atoms with van der Waals surface area (Å²) in [5.74, 6) is 0.606. The number of hydrogen-bond donors (Lipinski definition) is 0. The van der Waals surface area contributed by atoms with Crippen molar-refractivity contribution in [3.05, 3.63) is 53.4 Å². The molecule has 122 valence electrons. The van der Waals surface area contributed by atoms with E-state index in [1.54, 1.807) is 30.5 Å². The normalized spacial score (nSPS) is 11.0. The van der Waals surface area contributed by atoms with Crippen molar-refractivity contribution < 1.29 is 13.2 Å². The summed E-state index contributed by atoms with van der Waals surface area (Å²) in [7, 11) is -2.15. The van der Waals surface area contributed by atoms with Crippen LogP contribution in [-0.4, -0.2) is 24.5 Å². The van der Waals surface area contributed by atoms with Crippen molar-refractivity contribution in [3.8, 4) is 5.75 Å². The van der Waals surface area contributed by atoms with Gasteiger partial charge in [-0.05, 0) is 52.3 Å². The van der Waals surface area contributed by atoms with Crippen LogP contribution in [-0.2, 0) is 10.0 Å². The third kappa shape index (κ3) is 3.25. The number of benzene rings is 1. The third-order valence-electron chi connectivity index (χ3n) is 3.14.